The van der Waals surface area contributed by atoms with Gasteiger partial charge in [-0.15, -0.1) is 0 Å². The number of fused-ring (bicyclic) bond motifs is 6. The van der Waals surface area contributed by atoms with Crippen LogP contribution in [0.4, 0.5) is 4.39 Å². The molecule has 4 aromatic carbocycles. The molecule has 2 heteroatoms. The maximum Gasteiger partial charge on any atom is 0.131 e. The Kier molecular flexibility index (Phi) is 5.38. The average molecular weight is 408 g/mol. The summed E-state index contributed by atoms with van der Waals surface area (Å²) in [4.78, 5) is 4.01. The first-order chi connectivity index (χ1) is 15.3. The van der Waals surface area contributed by atoms with Gasteiger partial charge in [-0.25, -0.2) is 4.39 Å². The maximum atomic E-state index is 14.5. The van der Waals surface area contributed by atoms with E-state index in [0.717, 1.165) is 22.6 Å². The summed E-state index contributed by atoms with van der Waals surface area (Å²) >= 11 is 0. The largest absolute Gasteiger partial charge is 0.264 e. The minimum atomic E-state index is -0.0925. The minimum Gasteiger partial charge on any atom is -0.264 e. The predicted molar refractivity (Wildman–Crippen MR) is 129 cm³/mol. The molecule has 31 heavy (non-hydrogen) atoms. The zero-order valence-electron chi connectivity index (χ0n) is 17.8. The van der Waals surface area contributed by atoms with Crippen molar-refractivity contribution >= 4 is 32.3 Å². The van der Waals surface area contributed by atoms with Crippen LogP contribution in [-0.4, -0.2) is 4.98 Å². The lowest BCUT2D eigenvalue weighted by atomic mass is 9.79. The molecule has 1 atom stereocenters. The van der Waals surface area contributed by atoms with Crippen LogP contribution in [0.1, 0.15) is 43.2 Å². The van der Waals surface area contributed by atoms with Crippen LogP contribution in [0, 0.1) is 5.82 Å². The van der Waals surface area contributed by atoms with Gasteiger partial charge in [0.05, 0.1) is 0 Å². The summed E-state index contributed by atoms with van der Waals surface area (Å²) in [6, 6.07) is 24.2. The Bertz CT molecular complexity index is 1310. The summed E-state index contributed by atoms with van der Waals surface area (Å²) in [5.41, 5.74) is 2.83. The molecule has 1 aromatic heterocycles. The fraction of sp³-hybridized carbons (Fsp3) is 0.207. The van der Waals surface area contributed by atoms with Gasteiger partial charge in [0.1, 0.15) is 5.82 Å². The van der Waals surface area contributed by atoms with Crippen LogP contribution in [0.2, 0.25) is 0 Å². The molecule has 5 aromatic rings. The lowest BCUT2D eigenvalue weighted by Gasteiger charge is -2.26. The summed E-state index contributed by atoms with van der Waals surface area (Å²) in [6.45, 7) is 2.25. The van der Waals surface area contributed by atoms with E-state index < -0.39 is 0 Å². The second-order valence-electron chi connectivity index (χ2n) is 8.35. The molecule has 1 heterocycles. The first kappa shape index (κ1) is 19.7. The van der Waals surface area contributed by atoms with E-state index in [1.54, 1.807) is 6.07 Å². The smallest absolute Gasteiger partial charge is 0.131 e. The lowest BCUT2D eigenvalue weighted by molar-refractivity contribution is 0.542. The van der Waals surface area contributed by atoms with E-state index >= 15 is 0 Å². The Labute approximate surface area is 182 Å². The van der Waals surface area contributed by atoms with Crippen molar-refractivity contribution in [2.75, 3.05) is 0 Å². The van der Waals surface area contributed by atoms with Crippen molar-refractivity contribution in [2.45, 2.75) is 38.5 Å². The number of rotatable bonds is 1. The van der Waals surface area contributed by atoms with Gasteiger partial charge in [-0.3, -0.25) is 4.98 Å². The Balaban J connectivity index is 0.000000171. The monoisotopic (exact) mass is 407 g/mol. The van der Waals surface area contributed by atoms with Gasteiger partial charge in [-0.05, 0) is 81.8 Å². The molecule has 0 saturated heterocycles. The average Bonchev–Trinajstić information content (AvgIpc) is 2.84. The Morgan fingerprint density at radius 1 is 0.839 bits per heavy atom. The van der Waals surface area contributed by atoms with E-state index in [9.17, 15) is 4.39 Å². The van der Waals surface area contributed by atoms with Crippen molar-refractivity contribution < 1.29 is 4.39 Å². The predicted octanol–water partition coefficient (Wildman–Crippen LogP) is 8.20. The fourth-order valence-electron chi connectivity index (χ4n) is 5.01. The molecule has 6 rings (SSSR count). The van der Waals surface area contributed by atoms with Crippen LogP contribution >= 0.6 is 0 Å². The summed E-state index contributed by atoms with van der Waals surface area (Å²) in [6.07, 6.45) is 8.43. The zero-order chi connectivity index (χ0) is 21.2. The highest BCUT2D eigenvalue weighted by Crippen LogP contribution is 2.39. The summed E-state index contributed by atoms with van der Waals surface area (Å²) in [5, 5.41) is 6.54. The molecule has 0 N–H and O–H groups in total. The van der Waals surface area contributed by atoms with E-state index in [-0.39, 0.29) is 5.82 Å². The van der Waals surface area contributed by atoms with Crippen molar-refractivity contribution in [1.82, 2.24) is 4.98 Å². The molecule has 0 spiro atoms. The van der Waals surface area contributed by atoms with Gasteiger partial charge in [0.2, 0.25) is 0 Å². The molecule has 0 bridgehead atoms. The first-order valence-corrected chi connectivity index (χ1v) is 11.2. The fourth-order valence-corrected chi connectivity index (χ4v) is 5.01. The lowest BCUT2D eigenvalue weighted by Crippen LogP contribution is -2.09. The number of hydrogen-bond acceptors (Lipinski definition) is 1. The van der Waals surface area contributed by atoms with Crippen LogP contribution in [0.3, 0.4) is 0 Å². The van der Waals surface area contributed by atoms with Crippen molar-refractivity contribution in [2.24, 2.45) is 0 Å². The maximum absolute atomic E-state index is 14.5. The van der Waals surface area contributed by atoms with Gasteiger partial charge in [-0.1, -0.05) is 67.6 Å². The molecule has 0 amide bonds. The van der Waals surface area contributed by atoms with Gasteiger partial charge in [0.25, 0.3) is 0 Å². The summed E-state index contributed by atoms with van der Waals surface area (Å²) in [5.74, 6) is 0.554. The van der Waals surface area contributed by atoms with Crippen LogP contribution < -0.4 is 0 Å². The van der Waals surface area contributed by atoms with Crippen molar-refractivity contribution in [3.63, 3.8) is 0 Å². The highest BCUT2D eigenvalue weighted by Gasteiger charge is 2.21. The number of benzene rings is 4. The quantitative estimate of drug-likeness (QED) is 0.255. The number of aromatic nitrogens is 1. The number of pyridine rings is 1. The van der Waals surface area contributed by atoms with Gasteiger partial charge in [0.15, 0.2) is 0 Å². The van der Waals surface area contributed by atoms with E-state index in [2.05, 4.69) is 36.2 Å². The number of nitrogens with zero attached hydrogens (tertiary/aromatic N) is 1. The Morgan fingerprint density at radius 2 is 1.58 bits per heavy atom. The van der Waals surface area contributed by atoms with E-state index in [4.69, 9.17) is 0 Å². The number of hydrogen-bond donors (Lipinski definition) is 0. The summed E-state index contributed by atoms with van der Waals surface area (Å²) < 4.78 is 14.5. The molecule has 0 fully saturated rings. The Morgan fingerprint density at radius 3 is 2.39 bits per heavy atom. The van der Waals surface area contributed by atoms with E-state index in [0.29, 0.717) is 5.92 Å². The highest BCUT2D eigenvalue weighted by atomic mass is 19.1. The number of halogens is 1. The van der Waals surface area contributed by atoms with Crippen molar-refractivity contribution in [3.05, 3.63) is 102 Å². The molecular formula is C29H26FN. The van der Waals surface area contributed by atoms with Gasteiger partial charge in [-0.2, -0.15) is 0 Å². The van der Waals surface area contributed by atoms with Crippen LogP contribution in [0.15, 0.2) is 85.2 Å². The van der Waals surface area contributed by atoms with Gasteiger partial charge in [0, 0.05) is 17.8 Å². The molecule has 0 radical (unpaired) electrons. The number of aryl methyl sites for hydroxylation is 1. The SMILES string of the molecule is CCC1CCCc2c1ccc1c2cc(F)c2ccccc21.c1ccc2cnccc2c1. The van der Waals surface area contributed by atoms with Gasteiger partial charge >= 0.3 is 0 Å². The van der Waals surface area contributed by atoms with Crippen LogP contribution in [0.5, 0.6) is 0 Å². The molecule has 1 aliphatic carbocycles. The minimum absolute atomic E-state index is 0.0925. The Hall–Kier alpha value is -3.26. The molecule has 0 saturated carbocycles. The highest BCUT2D eigenvalue weighted by molar-refractivity contribution is 6.09. The third kappa shape index (κ3) is 3.67. The van der Waals surface area contributed by atoms with Crippen LogP contribution in [-0.2, 0) is 6.42 Å². The topological polar surface area (TPSA) is 12.9 Å². The third-order valence-corrected chi connectivity index (χ3v) is 6.60. The first-order valence-electron chi connectivity index (χ1n) is 11.2. The summed E-state index contributed by atoms with van der Waals surface area (Å²) in [7, 11) is 0. The normalized spacial score (nSPS) is 15.5. The second-order valence-corrected chi connectivity index (χ2v) is 8.35. The molecule has 154 valence electrons. The molecule has 0 aliphatic heterocycles. The van der Waals surface area contributed by atoms with Crippen molar-refractivity contribution in [1.29, 1.82) is 0 Å². The zero-order valence-corrected chi connectivity index (χ0v) is 17.8. The third-order valence-electron chi connectivity index (χ3n) is 6.60. The van der Waals surface area contributed by atoms with Crippen molar-refractivity contribution in [3.8, 4) is 0 Å². The van der Waals surface area contributed by atoms with E-state index in [1.165, 1.54) is 46.5 Å². The second kappa shape index (κ2) is 8.47. The standard InChI is InChI=1S/C20H19F.C9H7N/c1-2-13-6-5-9-15-14(13)10-11-17-16-7-3-4-8-18(16)20(21)12-19(15)17;1-2-4-9-7-10-6-5-8(9)3-1/h3-4,7-8,10-13H,2,5-6,9H2,1H3;1-7H. The molecular weight excluding hydrogens is 381 g/mol. The van der Waals surface area contributed by atoms with Crippen LogP contribution in [0.25, 0.3) is 32.3 Å². The molecule has 1 nitrogen and oxygen atoms in total. The molecule has 1 unspecified atom stereocenters. The van der Waals surface area contributed by atoms with E-state index in [1.807, 2.05) is 54.9 Å². The molecule has 1 aliphatic rings. The van der Waals surface area contributed by atoms with Gasteiger partial charge < -0.3 is 0 Å².